The highest BCUT2D eigenvalue weighted by Gasteiger charge is 2.25. The van der Waals surface area contributed by atoms with E-state index < -0.39 is 5.82 Å². The second kappa shape index (κ2) is 5.64. The Morgan fingerprint density at radius 1 is 1.50 bits per heavy atom. The lowest BCUT2D eigenvalue weighted by atomic mass is 10.3. The fraction of sp³-hybridized carbons (Fsp3) is 0.455. The molecule has 0 aromatic heterocycles. The Kier molecular flexibility index (Phi) is 4.74. The maximum atomic E-state index is 13.5. The summed E-state index contributed by atoms with van der Waals surface area (Å²) in [6, 6.07) is 1.66. The molecule has 1 aromatic carbocycles. The molecule has 0 aliphatic carbocycles. The summed E-state index contributed by atoms with van der Waals surface area (Å²) in [5.74, 6) is -0.313. The molecule has 2 rings (SSSR count). The van der Waals surface area contributed by atoms with E-state index in [9.17, 15) is 4.39 Å². The van der Waals surface area contributed by atoms with Gasteiger partial charge in [0.05, 0.1) is 18.2 Å². The zero-order valence-electron chi connectivity index (χ0n) is 9.73. The number of halogens is 2. The largest absolute Gasteiger partial charge is 0.494 e. The number of thioether (sulfide) groups is 1. The Labute approximate surface area is 105 Å². The molecular weight excluding hydrogens is 249 g/mol. The van der Waals surface area contributed by atoms with E-state index in [1.54, 1.807) is 17.8 Å². The number of rotatable bonds is 1. The number of hydrogen-bond acceptors (Lipinski definition) is 3. The Hall–Kier alpha value is -0.610. The summed E-state index contributed by atoms with van der Waals surface area (Å²) in [4.78, 5) is 0.931. The molecule has 0 spiro atoms. The summed E-state index contributed by atoms with van der Waals surface area (Å²) < 4.78 is 18.4. The molecular formula is C11H15ClFNOS. The van der Waals surface area contributed by atoms with Gasteiger partial charge in [0.1, 0.15) is 5.02 Å². The molecule has 1 aliphatic rings. The Morgan fingerprint density at radius 3 is 2.69 bits per heavy atom. The molecule has 0 saturated heterocycles. The molecule has 1 aliphatic heterocycles. The van der Waals surface area contributed by atoms with Crippen molar-refractivity contribution in [3.05, 3.63) is 16.9 Å². The highest BCUT2D eigenvalue weighted by molar-refractivity contribution is 8.00. The fourth-order valence-electron chi connectivity index (χ4n) is 1.38. The summed E-state index contributed by atoms with van der Waals surface area (Å²) >= 11 is 7.46. The van der Waals surface area contributed by atoms with Crippen molar-refractivity contribution in [2.24, 2.45) is 0 Å². The average molecular weight is 264 g/mol. The monoisotopic (exact) mass is 263 g/mol. The van der Waals surface area contributed by atoms with Gasteiger partial charge >= 0.3 is 0 Å². The Balaban J connectivity index is 0.000000606. The number of nitrogens with one attached hydrogen (secondary N) is 1. The van der Waals surface area contributed by atoms with Crippen LogP contribution >= 0.6 is 23.4 Å². The summed E-state index contributed by atoms with van der Waals surface area (Å²) in [7, 11) is 1.43. The van der Waals surface area contributed by atoms with E-state index in [0.717, 1.165) is 4.90 Å². The minimum atomic E-state index is -0.505. The topological polar surface area (TPSA) is 21.3 Å². The van der Waals surface area contributed by atoms with E-state index in [0.29, 0.717) is 5.69 Å². The van der Waals surface area contributed by atoms with Gasteiger partial charge in [-0.05, 0) is 13.0 Å². The van der Waals surface area contributed by atoms with Gasteiger partial charge in [0.15, 0.2) is 11.6 Å². The van der Waals surface area contributed by atoms with Crippen LogP contribution in [0.4, 0.5) is 10.1 Å². The van der Waals surface area contributed by atoms with Crippen LogP contribution in [0.3, 0.4) is 0 Å². The van der Waals surface area contributed by atoms with Crippen LogP contribution in [0.15, 0.2) is 11.0 Å². The van der Waals surface area contributed by atoms with Crippen molar-refractivity contribution in [1.82, 2.24) is 0 Å². The summed E-state index contributed by atoms with van der Waals surface area (Å²) in [5, 5.41) is 3.42. The van der Waals surface area contributed by atoms with Gasteiger partial charge in [-0.25, -0.2) is 4.39 Å². The van der Waals surface area contributed by atoms with Crippen LogP contribution in [-0.2, 0) is 0 Å². The minimum absolute atomic E-state index is 0.108. The molecule has 0 bridgehead atoms. The fourth-order valence-corrected chi connectivity index (χ4v) is 2.70. The van der Waals surface area contributed by atoms with Crippen molar-refractivity contribution < 1.29 is 9.13 Å². The van der Waals surface area contributed by atoms with Crippen molar-refractivity contribution >= 4 is 29.1 Å². The first-order chi connectivity index (χ1) is 7.63. The molecule has 1 atom stereocenters. The molecule has 1 aromatic rings. The van der Waals surface area contributed by atoms with E-state index in [1.807, 2.05) is 20.8 Å². The van der Waals surface area contributed by atoms with Crippen LogP contribution in [0.25, 0.3) is 0 Å². The van der Waals surface area contributed by atoms with Gasteiger partial charge < -0.3 is 10.1 Å². The molecule has 1 heterocycles. The maximum Gasteiger partial charge on any atom is 0.185 e. The zero-order chi connectivity index (χ0) is 12.3. The summed E-state index contributed by atoms with van der Waals surface area (Å²) in [6.45, 7) is 5.99. The van der Waals surface area contributed by atoms with Gasteiger partial charge in [-0.3, -0.25) is 0 Å². The first-order valence-electron chi connectivity index (χ1n) is 5.12. The van der Waals surface area contributed by atoms with E-state index in [-0.39, 0.29) is 16.1 Å². The molecule has 2 nitrogen and oxygen atoms in total. The van der Waals surface area contributed by atoms with Crippen LogP contribution in [0.5, 0.6) is 5.75 Å². The number of hydrogen-bond donors (Lipinski definition) is 1. The van der Waals surface area contributed by atoms with Gasteiger partial charge in [0, 0.05) is 4.90 Å². The SMILES string of the molecule is CC.COc1cc2c(c(Cl)c1F)NC(C)S2. The summed E-state index contributed by atoms with van der Waals surface area (Å²) in [6.07, 6.45) is 0. The number of ether oxygens (including phenoxy) is 1. The number of anilines is 1. The molecule has 1 N–H and O–H groups in total. The van der Waals surface area contributed by atoms with Crippen LogP contribution in [0, 0.1) is 5.82 Å². The van der Waals surface area contributed by atoms with Gasteiger partial charge in [0.25, 0.3) is 0 Å². The van der Waals surface area contributed by atoms with Crippen LogP contribution in [0.2, 0.25) is 5.02 Å². The van der Waals surface area contributed by atoms with Gasteiger partial charge in [-0.2, -0.15) is 0 Å². The third kappa shape index (κ3) is 2.38. The normalized spacial score (nSPS) is 17.0. The van der Waals surface area contributed by atoms with E-state index in [1.165, 1.54) is 7.11 Å². The lowest BCUT2D eigenvalue weighted by Crippen LogP contribution is -2.03. The van der Waals surface area contributed by atoms with Crippen molar-refractivity contribution in [2.75, 3.05) is 12.4 Å². The van der Waals surface area contributed by atoms with Gasteiger partial charge in [-0.15, -0.1) is 0 Å². The number of benzene rings is 1. The Bertz CT molecular complexity index is 387. The molecule has 90 valence electrons. The summed E-state index contributed by atoms with van der Waals surface area (Å²) in [5.41, 5.74) is 0.669. The number of methoxy groups -OCH3 is 1. The standard InChI is InChI=1S/C9H9ClFNOS.C2H6/c1-4-12-9-6(14-4)3-5(13-2)8(11)7(9)10;1-2/h3-4,12H,1-2H3;1-2H3. The lowest BCUT2D eigenvalue weighted by molar-refractivity contribution is 0.385. The van der Waals surface area contributed by atoms with Crippen LogP contribution in [0.1, 0.15) is 20.8 Å². The highest BCUT2D eigenvalue weighted by Crippen LogP contribution is 2.46. The van der Waals surface area contributed by atoms with Crippen molar-refractivity contribution in [3.8, 4) is 5.75 Å². The average Bonchev–Trinajstić information content (AvgIpc) is 2.67. The van der Waals surface area contributed by atoms with E-state index in [4.69, 9.17) is 16.3 Å². The third-order valence-electron chi connectivity index (χ3n) is 2.01. The van der Waals surface area contributed by atoms with Crippen molar-refractivity contribution in [2.45, 2.75) is 31.0 Å². The maximum absolute atomic E-state index is 13.5. The third-order valence-corrected chi connectivity index (χ3v) is 3.41. The lowest BCUT2D eigenvalue weighted by Gasteiger charge is -2.07. The first kappa shape index (κ1) is 13.5. The molecule has 0 fully saturated rings. The molecule has 16 heavy (non-hydrogen) atoms. The molecule has 5 heteroatoms. The van der Waals surface area contributed by atoms with E-state index >= 15 is 0 Å². The molecule has 0 radical (unpaired) electrons. The highest BCUT2D eigenvalue weighted by atomic mass is 35.5. The molecule has 0 saturated carbocycles. The Morgan fingerprint density at radius 2 is 2.12 bits per heavy atom. The van der Waals surface area contributed by atoms with Crippen LogP contribution in [-0.4, -0.2) is 12.5 Å². The molecule has 1 unspecified atom stereocenters. The number of fused-ring (bicyclic) bond motifs is 1. The van der Waals surface area contributed by atoms with E-state index in [2.05, 4.69) is 5.32 Å². The first-order valence-corrected chi connectivity index (χ1v) is 6.38. The van der Waals surface area contributed by atoms with Gasteiger partial charge in [-0.1, -0.05) is 37.2 Å². The van der Waals surface area contributed by atoms with Gasteiger partial charge in [0.2, 0.25) is 0 Å². The predicted octanol–water partition coefficient (Wildman–Crippen LogP) is 4.38. The second-order valence-electron chi connectivity index (χ2n) is 2.98. The smallest absolute Gasteiger partial charge is 0.185 e. The van der Waals surface area contributed by atoms with Crippen molar-refractivity contribution in [1.29, 1.82) is 0 Å². The predicted molar refractivity (Wildman–Crippen MR) is 68.3 cm³/mol. The quantitative estimate of drug-likeness (QED) is 0.813. The second-order valence-corrected chi connectivity index (χ2v) is 4.74. The zero-order valence-corrected chi connectivity index (χ0v) is 11.3. The minimum Gasteiger partial charge on any atom is -0.494 e. The van der Waals surface area contributed by atoms with Crippen molar-refractivity contribution in [3.63, 3.8) is 0 Å². The molecule has 0 amide bonds. The van der Waals surface area contributed by atoms with Crippen LogP contribution < -0.4 is 10.1 Å².